The maximum absolute atomic E-state index is 15.2. The molecule has 4 rings (SSSR count). The number of fused-ring (bicyclic) bond motifs is 1. The van der Waals surface area contributed by atoms with E-state index in [0.29, 0.717) is 5.71 Å². The molecule has 3 aliphatic rings. The van der Waals surface area contributed by atoms with Crippen LogP contribution in [0.4, 0.5) is 16.0 Å². The van der Waals surface area contributed by atoms with Gasteiger partial charge in [0.25, 0.3) is 10.1 Å². The zero-order valence-electron chi connectivity index (χ0n) is 16.8. The van der Waals surface area contributed by atoms with Crippen LogP contribution >= 0.6 is 0 Å². The van der Waals surface area contributed by atoms with Gasteiger partial charge in [-0.15, -0.1) is 0 Å². The first-order valence-electron chi connectivity index (χ1n) is 9.58. The first-order chi connectivity index (χ1) is 14.5. The summed E-state index contributed by atoms with van der Waals surface area (Å²) in [6, 6.07) is -0.0162. The van der Waals surface area contributed by atoms with Crippen molar-refractivity contribution in [3.05, 3.63) is 22.4 Å². The number of nitrogens with two attached hydrogens (primary N) is 1. The predicted molar refractivity (Wildman–Crippen MR) is 117 cm³/mol. The third kappa shape index (κ3) is 3.91. The fourth-order valence-corrected chi connectivity index (χ4v) is 4.79. The molecule has 13 heteroatoms. The Kier molecular flexibility index (Phi) is 6.19. The molecule has 176 valence electrons. The zero-order chi connectivity index (χ0) is 22.7. The minimum absolute atomic E-state index is 0. The molecule has 0 radical (unpaired) electrons. The molecule has 0 bridgehead atoms. The smallest absolute Gasteiger partial charge is 0.337 e. The van der Waals surface area contributed by atoms with Crippen LogP contribution in [0.15, 0.2) is 16.1 Å². The third-order valence-electron chi connectivity index (χ3n) is 5.79. The SMILES string of the molecule is C.CON=C1CN(c2nc3c(cc2F)C(C(=O)O)=C(S(=O)(=O)O)CN3C2CC2)C(C)C1N. The fourth-order valence-electron chi connectivity index (χ4n) is 4.04. The van der Waals surface area contributed by atoms with Crippen molar-refractivity contribution in [2.75, 3.05) is 30.0 Å². The molecule has 32 heavy (non-hydrogen) atoms. The Hall–Kier alpha value is -2.77. The van der Waals surface area contributed by atoms with Gasteiger partial charge in [-0.2, -0.15) is 8.42 Å². The molecular weight excluding hydrogens is 445 g/mol. The second-order valence-electron chi connectivity index (χ2n) is 7.76. The predicted octanol–water partition coefficient (Wildman–Crippen LogP) is 1.06. The first-order valence-corrected chi connectivity index (χ1v) is 11.0. The van der Waals surface area contributed by atoms with Crippen LogP contribution in [0.3, 0.4) is 0 Å². The van der Waals surface area contributed by atoms with Gasteiger partial charge in [0.2, 0.25) is 0 Å². The highest BCUT2D eigenvalue weighted by atomic mass is 32.2. The molecule has 2 fully saturated rings. The van der Waals surface area contributed by atoms with E-state index in [2.05, 4.69) is 10.1 Å². The van der Waals surface area contributed by atoms with E-state index in [1.54, 1.807) is 16.7 Å². The number of carbonyl (C=O) groups is 1. The van der Waals surface area contributed by atoms with Gasteiger partial charge in [0.05, 0.1) is 30.4 Å². The number of aromatic nitrogens is 1. The van der Waals surface area contributed by atoms with Gasteiger partial charge >= 0.3 is 5.97 Å². The highest BCUT2D eigenvalue weighted by Crippen LogP contribution is 2.43. The van der Waals surface area contributed by atoms with Gasteiger partial charge in [-0.05, 0) is 25.8 Å². The van der Waals surface area contributed by atoms with Gasteiger partial charge < -0.3 is 25.5 Å². The number of pyridine rings is 1. The van der Waals surface area contributed by atoms with Crippen LogP contribution in [-0.2, 0) is 19.8 Å². The van der Waals surface area contributed by atoms with E-state index < -0.39 is 38.4 Å². The van der Waals surface area contributed by atoms with Crippen LogP contribution in [-0.4, -0.2) is 73.1 Å². The lowest BCUT2D eigenvalue weighted by molar-refractivity contribution is -0.130. The van der Waals surface area contributed by atoms with Crippen molar-refractivity contribution in [3.63, 3.8) is 0 Å². The lowest BCUT2D eigenvalue weighted by Crippen LogP contribution is -2.40. The lowest BCUT2D eigenvalue weighted by Gasteiger charge is -2.33. The Morgan fingerprint density at radius 3 is 2.50 bits per heavy atom. The van der Waals surface area contributed by atoms with Crippen molar-refractivity contribution in [1.29, 1.82) is 0 Å². The molecule has 1 aromatic heterocycles. The van der Waals surface area contributed by atoms with E-state index in [1.807, 2.05) is 0 Å². The number of halogens is 1. The molecule has 0 amide bonds. The number of carboxylic acids is 1. The van der Waals surface area contributed by atoms with Crippen molar-refractivity contribution >= 4 is 39.0 Å². The van der Waals surface area contributed by atoms with Gasteiger partial charge in [-0.25, -0.2) is 14.2 Å². The fraction of sp³-hybridized carbons (Fsp3) is 0.526. The summed E-state index contributed by atoms with van der Waals surface area (Å²) < 4.78 is 48.6. The van der Waals surface area contributed by atoms with Gasteiger partial charge in [-0.3, -0.25) is 4.55 Å². The summed E-state index contributed by atoms with van der Waals surface area (Å²) >= 11 is 0. The average Bonchev–Trinajstić information content (AvgIpc) is 3.48. The Morgan fingerprint density at radius 2 is 1.97 bits per heavy atom. The molecule has 1 aromatic rings. The maximum Gasteiger partial charge on any atom is 0.337 e. The van der Waals surface area contributed by atoms with Crippen molar-refractivity contribution < 1.29 is 32.1 Å². The molecule has 1 saturated heterocycles. The molecule has 1 aliphatic carbocycles. The van der Waals surface area contributed by atoms with Crippen LogP contribution < -0.4 is 15.5 Å². The number of hydrogen-bond acceptors (Lipinski definition) is 9. The lowest BCUT2D eigenvalue weighted by atomic mass is 10.0. The van der Waals surface area contributed by atoms with Crippen molar-refractivity contribution in [1.82, 2.24) is 4.98 Å². The zero-order valence-corrected chi connectivity index (χ0v) is 17.6. The average molecular weight is 472 g/mol. The molecule has 11 nitrogen and oxygen atoms in total. The Bertz CT molecular complexity index is 1120. The van der Waals surface area contributed by atoms with E-state index in [4.69, 9.17) is 10.6 Å². The Morgan fingerprint density at radius 1 is 1.31 bits per heavy atom. The van der Waals surface area contributed by atoms with E-state index in [9.17, 15) is 22.9 Å². The van der Waals surface area contributed by atoms with Crippen LogP contribution in [0.2, 0.25) is 0 Å². The number of aliphatic carboxylic acids is 1. The van der Waals surface area contributed by atoms with Gasteiger partial charge in [-0.1, -0.05) is 12.6 Å². The Balaban J connectivity index is 0.00000289. The molecule has 2 aliphatic heterocycles. The summed E-state index contributed by atoms with van der Waals surface area (Å²) in [5.41, 5.74) is 5.78. The molecule has 2 unspecified atom stereocenters. The molecule has 1 saturated carbocycles. The maximum atomic E-state index is 15.2. The van der Waals surface area contributed by atoms with Crippen molar-refractivity contribution in [2.45, 2.75) is 45.3 Å². The number of rotatable bonds is 5. The van der Waals surface area contributed by atoms with Crippen molar-refractivity contribution in [3.8, 4) is 0 Å². The van der Waals surface area contributed by atoms with E-state index in [0.717, 1.165) is 18.9 Å². The number of anilines is 2. The summed E-state index contributed by atoms with van der Waals surface area (Å²) in [5.74, 6) is -2.33. The molecular formula is C19H26FN5O6S. The molecule has 0 spiro atoms. The minimum Gasteiger partial charge on any atom is -0.478 e. The second kappa shape index (κ2) is 8.30. The molecule has 4 N–H and O–H groups in total. The minimum atomic E-state index is -4.82. The van der Waals surface area contributed by atoms with Crippen LogP contribution in [0, 0.1) is 5.82 Å². The molecule has 0 aromatic carbocycles. The summed E-state index contributed by atoms with van der Waals surface area (Å²) in [4.78, 5) is 23.6. The third-order valence-corrected chi connectivity index (χ3v) is 6.75. The largest absolute Gasteiger partial charge is 0.478 e. The van der Waals surface area contributed by atoms with Gasteiger partial charge in [0.15, 0.2) is 11.6 Å². The molecule has 2 atom stereocenters. The summed E-state index contributed by atoms with van der Waals surface area (Å²) in [7, 11) is -3.44. The second-order valence-corrected chi connectivity index (χ2v) is 9.20. The molecule has 3 heterocycles. The standard InChI is InChI=1S/C18H22FN5O6S.CH4/c1-8-15(20)12(22-30-2)6-23(8)17-11(19)5-10-14(18(25)26)13(31(27,28)29)7-24(9-3-4-9)16(10)21-17;/h5,8-9,15H,3-4,6-7,20H2,1-2H3,(H,25,26)(H,27,28,29);1H4. The number of hydrogen-bond donors (Lipinski definition) is 3. The number of carboxylic acid groups (broad SMARTS) is 1. The van der Waals surface area contributed by atoms with E-state index in [-0.39, 0.29) is 49.8 Å². The summed E-state index contributed by atoms with van der Waals surface area (Å²) in [6.07, 6.45) is 1.48. The van der Waals surface area contributed by atoms with Crippen molar-refractivity contribution in [2.24, 2.45) is 10.9 Å². The highest BCUT2D eigenvalue weighted by molar-refractivity contribution is 7.90. The van der Waals surface area contributed by atoms with E-state index in [1.165, 1.54) is 7.11 Å². The monoisotopic (exact) mass is 471 g/mol. The van der Waals surface area contributed by atoms with Crippen LogP contribution in [0.25, 0.3) is 5.57 Å². The highest BCUT2D eigenvalue weighted by Gasteiger charge is 2.43. The Labute approximate surface area is 185 Å². The first kappa shape index (κ1) is 23.9. The number of nitrogens with zero attached hydrogens (tertiary/aromatic N) is 4. The topological polar surface area (TPSA) is 159 Å². The number of oxime groups is 1. The summed E-state index contributed by atoms with van der Waals surface area (Å²) in [5, 5.41) is 13.5. The van der Waals surface area contributed by atoms with Gasteiger partial charge in [0, 0.05) is 17.6 Å². The van der Waals surface area contributed by atoms with Crippen LogP contribution in [0.1, 0.15) is 32.8 Å². The normalized spacial score (nSPS) is 24.5. The van der Waals surface area contributed by atoms with E-state index >= 15 is 4.39 Å². The van der Waals surface area contributed by atoms with Crippen LogP contribution in [0.5, 0.6) is 0 Å². The summed E-state index contributed by atoms with van der Waals surface area (Å²) in [6.45, 7) is 1.59. The quantitative estimate of drug-likeness (QED) is 0.419. The van der Waals surface area contributed by atoms with Gasteiger partial charge in [0.1, 0.15) is 17.8 Å².